The fourth-order valence-corrected chi connectivity index (χ4v) is 2.83. The lowest BCUT2D eigenvalue weighted by atomic mass is 10.2. The number of hydrogen-bond donors (Lipinski definition) is 0. The van der Waals surface area contributed by atoms with E-state index in [-0.39, 0.29) is 5.43 Å². The van der Waals surface area contributed by atoms with E-state index in [0.717, 1.165) is 9.40 Å². The first-order valence-corrected chi connectivity index (χ1v) is 5.96. The standard InChI is InChI=1S/C13H9NO2S/c1-16-8-2-3-11-9(6-8)13(15)10-7-14-5-4-12(10)17-11/h2-7H,1H3. The van der Waals surface area contributed by atoms with Gasteiger partial charge in [0, 0.05) is 27.2 Å². The summed E-state index contributed by atoms with van der Waals surface area (Å²) in [6.45, 7) is 0. The highest BCUT2D eigenvalue weighted by Gasteiger charge is 2.06. The molecular weight excluding hydrogens is 234 g/mol. The molecule has 0 saturated carbocycles. The zero-order valence-electron chi connectivity index (χ0n) is 9.14. The first-order valence-electron chi connectivity index (χ1n) is 5.14. The highest BCUT2D eigenvalue weighted by atomic mass is 32.1. The van der Waals surface area contributed by atoms with Gasteiger partial charge in [0.1, 0.15) is 5.75 Å². The van der Waals surface area contributed by atoms with Crippen LogP contribution in [0.5, 0.6) is 5.75 Å². The molecule has 3 aromatic rings. The van der Waals surface area contributed by atoms with Crippen LogP contribution < -0.4 is 10.2 Å². The van der Waals surface area contributed by atoms with Gasteiger partial charge in [-0.15, -0.1) is 11.3 Å². The minimum absolute atomic E-state index is 0.0146. The Morgan fingerprint density at radius 2 is 2.00 bits per heavy atom. The normalized spacial score (nSPS) is 10.9. The Labute approximate surface area is 101 Å². The number of fused-ring (bicyclic) bond motifs is 2. The van der Waals surface area contributed by atoms with Gasteiger partial charge in [-0.2, -0.15) is 0 Å². The smallest absolute Gasteiger partial charge is 0.197 e. The van der Waals surface area contributed by atoms with Crippen molar-refractivity contribution >= 4 is 31.5 Å². The van der Waals surface area contributed by atoms with Gasteiger partial charge in [0.25, 0.3) is 0 Å². The third kappa shape index (κ3) is 1.57. The van der Waals surface area contributed by atoms with E-state index in [1.54, 1.807) is 36.9 Å². The van der Waals surface area contributed by atoms with Crippen molar-refractivity contribution in [2.24, 2.45) is 0 Å². The van der Waals surface area contributed by atoms with Crippen LogP contribution >= 0.6 is 11.3 Å². The number of methoxy groups -OCH3 is 1. The molecule has 17 heavy (non-hydrogen) atoms. The molecule has 0 aliphatic rings. The molecule has 0 aliphatic carbocycles. The van der Waals surface area contributed by atoms with E-state index in [0.29, 0.717) is 16.5 Å². The van der Waals surface area contributed by atoms with Gasteiger partial charge in [-0.25, -0.2) is 0 Å². The van der Waals surface area contributed by atoms with Crippen molar-refractivity contribution in [2.75, 3.05) is 7.11 Å². The number of ether oxygens (including phenoxy) is 1. The zero-order valence-corrected chi connectivity index (χ0v) is 9.95. The van der Waals surface area contributed by atoms with Crippen molar-refractivity contribution in [3.63, 3.8) is 0 Å². The summed E-state index contributed by atoms with van der Waals surface area (Å²) in [5, 5.41) is 1.35. The van der Waals surface area contributed by atoms with Crippen LogP contribution in [0, 0.1) is 0 Å². The van der Waals surface area contributed by atoms with E-state index in [9.17, 15) is 4.79 Å². The summed E-state index contributed by atoms with van der Waals surface area (Å²) in [7, 11) is 1.59. The third-order valence-electron chi connectivity index (χ3n) is 2.68. The van der Waals surface area contributed by atoms with Crippen molar-refractivity contribution in [1.82, 2.24) is 4.98 Å². The van der Waals surface area contributed by atoms with E-state index < -0.39 is 0 Å². The molecule has 2 heterocycles. The number of benzene rings is 1. The molecule has 3 rings (SSSR count). The predicted molar refractivity (Wildman–Crippen MR) is 69.9 cm³/mol. The second kappa shape index (κ2) is 3.82. The van der Waals surface area contributed by atoms with Gasteiger partial charge in [0.2, 0.25) is 0 Å². The lowest BCUT2D eigenvalue weighted by molar-refractivity contribution is 0.415. The molecule has 0 radical (unpaired) electrons. The van der Waals surface area contributed by atoms with Crippen LogP contribution in [0.3, 0.4) is 0 Å². The van der Waals surface area contributed by atoms with Crippen LogP contribution in [0.1, 0.15) is 0 Å². The van der Waals surface area contributed by atoms with Crippen LogP contribution in [-0.2, 0) is 0 Å². The van der Waals surface area contributed by atoms with E-state index in [4.69, 9.17) is 4.74 Å². The quantitative estimate of drug-likeness (QED) is 0.617. The Morgan fingerprint density at radius 3 is 2.82 bits per heavy atom. The van der Waals surface area contributed by atoms with Gasteiger partial charge in [-0.05, 0) is 24.3 Å². The zero-order chi connectivity index (χ0) is 11.8. The maximum atomic E-state index is 12.3. The Hall–Kier alpha value is -1.94. The fraction of sp³-hybridized carbons (Fsp3) is 0.0769. The van der Waals surface area contributed by atoms with E-state index in [1.807, 2.05) is 18.2 Å². The van der Waals surface area contributed by atoms with Gasteiger partial charge in [-0.3, -0.25) is 9.78 Å². The van der Waals surface area contributed by atoms with Gasteiger partial charge in [-0.1, -0.05) is 0 Å². The molecule has 1 aromatic carbocycles. The number of hydrogen-bond acceptors (Lipinski definition) is 4. The summed E-state index contributed by atoms with van der Waals surface area (Å²) in [4.78, 5) is 16.3. The average Bonchev–Trinajstić information content (AvgIpc) is 2.39. The lowest BCUT2D eigenvalue weighted by Crippen LogP contribution is -2.01. The molecule has 84 valence electrons. The largest absolute Gasteiger partial charge is 0.497 e. The summed E-state index contributed by atoms with van der Waals surface area (Å²) in [5.41, 5.74) is 0.0146. The van der Waals surface area contributed by atoms with Crippen molar-refractivity contribution in [3.8, 4) is 5.75 Å². The van der Waals surface area contributed by atoms with Crippen LogP contribution in [0.2, 0.25) is 0 Å². The molecule has 0 atom stereocenters. The van der Waals surface area contributed by atoms with Crippen molar-refractivity contribution < 1.29 is 4.74 Å². The second-order valence-electron chi connectivity index (χ2n) is 3.67. The predicted octanol–water partition coefficient (Wildman–Crippen LogP) is 2.82. The maximum Gasteiger partial charge on any atom is 0.197 e. The van der Waals surface area contributed by atoms with E-state index in [1.165, 1.54) is 0 Å². The molecule has 4 heteroatoms. The van der Waals surface area contributed by atoms with Crippen LogP contribution in [-0.4, -0.2) is 12.1 Å². The van der Waals surface area contributed by atoms with E-state index >= 15 is 0 Å². The number of pyridine rings is 1. The molecule has 0 spiro atoms. The van der Waals surface area contributed by atoms with Gasteiger partial charge < -0.3 is 4.74 Å². The molecule has 0 amide bonds. The van der Waals surface area contributed by atoms with E-state index in [2.05, 4.69) is 4.98 Å². The second-order valence-corrected chi connectivity index (χ2v) is 4.75. The van der Waals surface area contributed by atoms with Crippen molar-refractivity contribution in [3.05, 3.63) is 46.9 Å². The Kier molecular flexibility index (Phi) is 2.30. The Bertz CT molecular complexity index is 764. The minimum Gasteiger partial charge on any atom is -0.497 e. The Morgan fingerprint density at radius 1 is 1.18 bits per heavy atom. The first kappa shape index (κ1) is 10.2. The maximum absolute atomic E-state index is 12.3. The molecule has 0 aliphatic heterocycles. The molecule has 3 nitrogen and oxygen atoms in total. The van der Waals surface area contributed by atoms with Gasteiger partial charge in [0.05, 0.1) is 12.5 Å². The van der Waals surface area contributed by atoms with Crippen LogP contribution in [0.25, 0.3) is 20.2 Å². The summed E-state index contributed by atoms with van der Waals surface area (Å²) < 4.78 is 7.07. The average molecular weight is 243 g/mol. The highest BCUT2D eigenvalue weighted by molar-refractivity contribution is 7.24. The summed E-state index contributed by atoms with van der Waals surface area (Å²) in [5.74, 6) is 0.699. The number of aromatic nitrogens is 1. The summed E-state index contributed by atoms with van der Waals surface area (Å²) in [6, 6.07) is 7.43. The summed E-state index contributed by atoms with van der Waals surface area (Å²) >= 11 is 1.59. The molecule has 0 unspecified atom stereocenters. The molecule has 0 saturated heterocycles. The van der Waals surface area contributed by atoms with Gasteiger partial charge in [0.15, 0.2) is 5.43 Å². The summed E-state index contributed by atoms with van der Waals surface area (Å²) in [6.07, 6.45) is 3.32. The van der Waals surface area contributed by atoms with Crippen molar-refractivity contribution in [1.29, 1.82) is 0 Å². The third-order valence-corrected chi connectivity index (χ3v) is 3.83. The minimum atomic E-state index is 0.0146. The molecule has 0 N–H and O–H groups in total. The highest BCUT2D eigenvalue weighted by Crippen LogP contribution is 2.26. The first-order chi connectivity index (χ1) is 8.29. The van der Waals surface area contributed by atoms with Crippen molar-refractivity contribution in [2.45, 2.75) is 0 Å². The van der Waals surface area contributed by atoms with Gasteiger partial charge >= 0.3 is 0 Å². The molecular formula is C13H9NO2S. The Balaban J connectivity index is 2.51. The fourth-order valence-electron chi connectivity index (χ4n) is 1.81. The SMILES string of the molecule is COc1ccc2sc3ccncc3c(=O)c2c1. The number of rotatable bonds is 1. The van der Waals surface area contributed by atoms with Crippen LogP contribution in [0.15, 0.2) is 41.5 Å². The molecule has 0 fully saturated rings. The van der Waals surface area contributed by atoms with Crippen LogP contribution in [0.4, 0.5) is 0 Å². The number of nitrogens with zero attached hydrogens (tertiary/aromatic N) is 1. The monoisotopic (exact) mass is 243 g/mol. The lowest BCUT2D eigenvalue weighted by Gasteiger charge is -2.03. The molecule has 0 bridgehead atoms. The topological polar surface area (TPSA) is 39.2 Å². The molecule has 2 aromatic heterocycles.